The molecular formula is C20H23ClN2O3. The number of ether oxygens (including phenoxy) is 2. The van der Waals surface area contributed by atoms with Crippen molar-refractivity contribution in [1.29, 1.82) is 0 Å². The molecule has 0 spiro atoms. The van der Waals surface area contributed by atoms with Gasteiger partial charge in [-0.3, -0.25) is 0 Å². The first-order valence-electron chi connectivity index (χ1n) is 8.87. The van der Waals surface area contributed by atoms with E-state index in [1.165, 1.54) is 0 Å². The van der Waals surface area contributed by atoms with Gasteiger partial charge in [0.15, 0.2) is 0 Å². The summed E-state index contributed by atoms with van der Waals surface area (Å²) in [6, 6.07) is 13.2. The topological polar surface area (TPSA) is 51.7 Å². The van der Waals surface area contributed by atoms with E-state index in [9.17, 15) is 4.79 Å². The molecule has 1 aliphatic rings. The monoisotopic (exact) mass is 374 g/mol. The summed E-state index contributed by atoms with van der Waals surface area (Å²) in [5, 5.41) is 0.434. The lowest BCUT2D eigenvalue weighted by molar-refractivity contribution is -0.0126. The maximum atomic E-state index is 12.7. The van der Waals surface area contributed by atoms with Gasteiger partial charge in [0.2, 0.25) is 0 Å². The molecule has 138 valence electrons. The zero-order valence-electron chi connectivity index (χ0n) is 14.8. The third-order valence-electron chi connectivity index (χ3n) is 4.53. The lowest BCUT2D eigenvalue weighted by atomic mass is 9.94. The zero-order chi connectivity index (χ0) is 18.4. The number of hydrogen-bond acceptors (Lipinski definition) is 4. The molecule has 0 N–H and O–H groups in total. The van der Waals surface area contributed by atoms with E-state index in [0.29, 0.717) is 18.3 Å². The Morgan fingerprint density at radius 2 is 2.08 bits per heavy atom. The largest absolute Gasteiger partial charge is 0.445 e. The van der Waals surface area contributed by atoms with Crippen LogP contribution >= 0.6 is 11.6 Å². The standard InChI is InChI=1S/C20H23ClN2O3/c1-2-25-17-10-11-23(18(12-17)16-8-9-19(21)22-13-16)20(24)26-14-15-6-4-3-5-7-15/h3-9,13,17-18H,2,10-12,14H2,1H3. The molecule has 1 saturated heterocycles. The average Bonchev–Trinajstić information content (AvgIpc) is 2.68. The summed E-state index contributed by atoms with van der Waals surface area (Å²) in [7, 11) is 0. The summed E-state index contributed by atoms with van der Waals surface area (Å²) >= 11 is 5.90. The Hall–Kier alpha value is -2.11. The number of hydrogen-bond donors (Lipinski definition) is 0. The molecule has 0 aliphatic carbocycles. The molecule has 2 atom stereocenters. The molecule has 1 aromatic heterocycles. The fraction of sp³-hybridized carbons (Fsp3) is 0.400. The summed E-state index contributed by atoms with van der Waals surface area (Å²) in [4.78, 5) is 18.6. The Kier molecular flexibility index (Phi) is 6.47. The molecule has 2 aromatic rings. The molecular weight excluding hydrogens is 352 g/mol. The van der Waals surface area contributed by atoms with Crippen LogP contribution in [-0.4, -0.2) is 35.2 Å². The number of aromatic nitrogens is 1. The van der Waals surface area contributed by atoms with Crippen molar-refractivity contribution in [3.8, 4) is 0 Å². The van der Waals surface area contributed by atoms with Crippen molar-refractivity contribution in [2.45, 2.75) is 38.5 Å². The Balaban J connectivity index is 1.72. The lowest BCUT2D eigenvalue weighted by Gasteiger charge is -2.38. The van der Waals surface area contributed by atoms with E-state index in [2.05, 4.69) is 4.98 Å². The SMILES string of the molecule is CCOC1CCN(C(=O)OCc2ccccc2)C(c2ccc(Cl)nc2)C1. The van der Waals surface area contributed by atoms with Gasteiger partial charge in [0.25, 0.3) is 0 Å². The normalized spacial score (nSPS) is 20.0. The first kappa shape index (κ1) is 18.7. The van der Waals surface area contributed by atoms with E-state index in [1.807, 2.05) is 43.3 Å². The van der Waals surface area contributed by atoms with Gasteiger partial charge in [0.05, 0.1) is 12.1 Å². The minimum atomic E-state index is -0.316. The third-order valence-corrected chi connectivity index (χ3v) is 4.75. The van der Waals surface area contributed by atoms with Gasteiger partial charge in [-0.05, 0) is 37.0 Å². The molecule has 1 aliphatic heterocycles. The van der Waals surface area contributed by atoms with Gasteiger partial charge in [-0.25, -0.2) is 9.78 Å². The van der Waals surface area contributed by atoms with Crippen LogP contribution < -0.4 is 0 Å². The van der Waals surface area contributed by atoms with Crippen molar-refractivity contribution < 1.29 is 14.3 Å². The summed E-state index contributed by atoms with van der Waals surface area (Å²) in [5.74, 6) is 0. The maximum Gasteiger partial charge on any atom is 0.410 e. The van der Waals surface area contributed by atoms with Crippen LogP contribution in [0.3, 0.4) is 0 Å². The number of piperidine rings is 1. The van der Waals surface area contributed by atoms with Gasteiger partial charge >= 0.3 is 6.09 Å². The zero-order valence-corrected chi connectivity index (χ0v) is 15.6. The summed E-state index contributed by atoms with van der Waals surface area (Å²) in [5.41, 5.74) is 1.91. The fourth-order valence-electron chi connectivity index (χ4n) is 3.24. The summed E-state index contributed by atoms with van der Waals surface area (Å²) in [6.45, 7) is 3.50. The number of carbonyl (C=O) groups excluding carboxylic acids is 1. The average molecular weight is 375 g/mol. The highest BCUT2D eigenvalue weighted by Gasteiger charge is 2.34. The minimum absolute atomic E-state index is 0.124. The molecule has 0 saturated carbocycles. The van der Waals surface area contributed by atoms with Crippen LogP contribution in [0.4, 0.5) is 4.79 Å². The molecule has 26 heavy (non-hydrogen) atoms. The Morgan fingerprint density at radius 3 is 2.77 bits per heavy atom. The first-order chi connectivity index (χ1) is 12.7. The summed E-state index contributed by atoms with van der Waals surface area (Å²) in [6.07, 6.45) is 3.05. The Morgan fingerprint density at radius 1 is 1.27 bits per heavy atom. The summed E-state index contributed by atoms with van der Waals surface area (Å²) < 4.78 is 11.3. The van der Waals surface area contributed by atoms with Crippen molar-refractivity contribution in [3.05, 3.63) is 64.9 Å². The van der Waals surface area contributed by atoms with Crippen LogP contribution in [0.5, 0.6) is 0 Å². The third kappa shape index (κ3) is 4.74. The van der Waals surface area contributed by atoms with Crippen molar-refractivity contribution in [2.24, 2.45) is 0 Å². The molecule has 2 unspecified atom stereocenters. The molecule has 0 bridgehead atoms. The second kappa shape index (κ2) is 9.01. The van der Waals surface area contributed by atoms with E-state index < -0.39 is 0 Å². The quantitative estimate of drug-likeness (QED) is 0.717. The van der Waals surface area contributed by atoms with E-state index in [4.69, 9.17) is 21.1 Å². The molecule has 0 radical (unpaired) electrons. The van der Waals surface area contributed by atoms with E-state index in [1.54, 1.807) is 17.2 Å². The highest BCUT2D eigenvalue weighted by molar-refractivity contribution is 6.29. The predicted molar refractivity (Wildman–Crippen MR) is 100.0 cm³/mol. The Bertz CT molecular complexity index is 709. The predicted octanol–water partition coefficient (Wildman–Crippen LogP) is 4.61. The molecule has 5 nitrogen and oxygen atoms in total. The highest BCUT2D eigenvalue weighted by Crippen LogP contribution is 2.33. The number of carbonyl (C=O) groups is 1. The number of benzene rings is 1. The minimum Gasteiger partial charge on any atom is -0.445 e. The molecule has 3 rings (SSSR count). The number of pyridine rings is 1. The number of halogens is 1. The number of rotatable bonds is 5. The molecule has 1 amide bonds. The van der Waals surface area contributed by atoms with Crippen LogP contribution in [0.1, 0.15) is 36.9 Å². The van der Waals surface area contributed by atoms with Crippen molar-refractivity contribution in [3.63, 3.8) is 0 Å². The van der Waals surface area contributed by atoms with Crippen LogP contribution in [0, 0.1) is 0 Å². The van der Waals surface area contributed by atoms with E-state index in [-0.39, 0.29) is 24.8 Å². The first-order valence-corrected chi connectivity index (χ1v) is 9.25. The van der Waals surface area contributed by atoms with Gasteiger partial charge < -0.3 is 14.4 Å². The second-order valence-corrected chi connectivity index (χ2v) is 6.65. The van der Waals surface area contributed by atoms with Crippen LogP contribution in [-0.2, 0) is 16.1 Å². The smallest absolute Gasteiger partial charge is 0.410 e. The van der Waals surface area contributed by atoms with Gasteiger partial charge in [0.1, 0.15) is 11.8 Å². The number of amides is 1. The Labute approximate surface area is 158 Å². The highest BCUT2D eigenvalue weighted by atomic mass is 35.5. The lowest BCUT2D eigenvalue weighted by Crippen LogP contribution is -2.43. The molecule has 1 fully saturated rings. The van der Waals surface area contributed by atoms with Gasteiger partial charge in [-0.15, -0.1) is 0 Å². The van der Waals surface area contributed by atoms with Crippen molar-refractivity contribution in [1.82, 2.24) is 9.88 Å². The number of nitrogens with zero attached hydrogens (tertiary/aromatic N) is 2. The van der Waals surface area contributed by atoms with Gasteiger partial charge in [0, 0.05) is 19.3 Å². The van der Waals surface area contributed by atoms with E-state index >= 15 is 0 Å². The van der Waals surface area contributed by atoms with Gasteiger partial charge in [-0.2, -0.15) is 0 Å². The van der Waals surface area contributed by atoms with Crippen LogP contribution in [0.25, 0.3) is 0 Å². The van der Waals surface area contributed by atoms with Crippen LogP contribution in [0.15, 0.2) is 48.7 Å². The second-order valence-electron chi connectivity index (χ2n) is 6.27. The maximum absolute atomic E-state index is 12.7. The van der Waals surface area contributed by atoms with Crippen LogP contribution in [0.2, 0.25) is 5.15 Å². The molecule has 6 heteroatoms. The molecule has 1 aromatic carbocycles. The molecule has 2 heterocycles. The van der Waals surface area contributed by atoms with E-state index in [0.717, 1.165) is 24.0 Å². The fourth-order valence-corrected chi connectivity index (χ4v) is 3.35. The van der Waals surface area contributed by atoms with Gasteiger partial charge in [-0.1, -0.05) is 48.0 Å². The number of likely N-dealkylation sites (tertiary alicyclic amines) is 1. The van der Waals surface area contributed by atoms with Crippen molar-refractivity contribution >= 4 is 17.7 Å². The van der Waals surface area contributed by atoms with Crippen molar-refractivity contribution in [2.75, 3.05) is 13.2 Å².